The summed E-state index contributed by atoms with van der Waals surface area (Å²) in [7, 11) is 4.01. The van der Waals surface area contributed by atoms with E-state index < -0.39 is 0 Å². The van der Waals surface area contributed by atoms with Crippen LogP contribution in [0.3, 0.4) is 0 Å². The summed E-state index contributed by atoms with van der Waals surface area (Å²) in [5.41, 5.74) is 2.97. The van der Waals surface area contributed by atoms with Gasteiger partial charge in [-0.05, 0) is 37.4 Å². The number of anilines is 2. The van der Waals surface area contributed by atoms with Crippen molar-refractivity contribution in [3.05, 3.63) is 35.4 Å². The van der Waals surface area contributed by atoms with Crippen LogP contribution in [-0.4, -0.2) is 32.3 Å². The van der Waals surface area contributed by atoms with Gasteiger partial charge < -0.3 is 9.80 Å². The van der Waals surface area contributed by atoms with Gasteiger partial charge >= 0.3 is 0 Å². The maximum absolute atomic E-state index is 11.4. The first kappa shape index (κ1) is 13.6. The summed E-state index contributed by atoms with van der Waals surface area (Å²) in [6.07, 6.45) is 1.74. The molecule has 21 heavy (non-hydrogen) atoms. The van der Waals surface area contributed by atoms with Crippen LogP contribution in [0.25, 0.3) is 10.8 Å². The molecule has 0 saturated heterocycles. The Morgan fingerprint density at radius 1 is 0.905 bits per heavy atom. The van der Waals surface area contributed by atoms with Crippen LogP contribution >= 0.6 is 0 Å². The van der Waals surface area contributed by atoms with Gasteiger partial charge in [0.2, 0.25) is 0 Å². The van der Waals surface area contributed by atoms with Crippen molar-refractivity contribution in [3.8, 4) is 0 Å². The van der Waals surface area contributed by atoms with Crippen LogP contribution in [0.5, 0.6) is 0 Å². The fourth-order valence-electron chi connectivity index (χ4n) is 3.08. The lowest BCUT2D eigenvalue weighted by molar-refractivity contribution is 0.111. The number of carbonyl (C=O) groups is 2. The Morgan fingerprint density at radius 3 is 2.14 bits per heavy atom. The number of rotatable bonds is 2. The average Bonchev–Trinajstić information content (AvgIpc) is 2.49. The second-order valence-corrected chi connectivity index (χ2v) is 5.95. The van der Waals surface area contributed by atoms with Gasteiger partial charge in [-0.15, -0.1) is 0 Å². The smallest absolute Gasteiger partial charge is 0.152 e. The van der Waals surface area contributed by atoms with Crippen LogP contribution in [0.4, 0.5) is 11.4 Å². The molecule has 0 radical (unpaired) electrons. The predicted molar refractivity (Wildman–Crippen MR) is 85.6 cm³/mol. The fraction of sp³-hybridized carbons (Fsp3) is 0.294. The van der Waals surface area contributed by atoms with Crippen LogP contribution in [0, 0.1) is 0 Å². The maximum Gasteiger partial charge on any atom is 0.152 e. The van der Waals surface area contributed by atoms with Crippen molar-refractivity contribution in [2.24, 2.45) is 0 Å². The van der Waals surface area contributed by atoms with Gasteiger partial charge in [0.1, 0.15) is 5.66 Å². The Kier molecular flexibility index (Phi) is 2.80. The highest BCUT2D eigenvalue weighted by Gasteiger charge is 2.37. The van der Waals surface area contributed by atoms with Crippen molar-refractivity contribution in [2.45, 2.75) is 19.5 Å². The van der Waals surface area contributed by atoms with E-state index in [1.807, 2.05) is 32.3 Å². The average molecular weight is 282 g/mol. The third kappa shape index (κ3) is 1.62. The lowest BCUT2D eigenvalue weighted by Gasteiger charge is -2.50. The van der Waals surface area contributed by atoms with Crippen molar-refractivity contribution in [1.82, 2.24) is 0 Å². The molecule has 1 aliphatic rings. The molecule has 0 amide bonds. The summed E-state index contributed by atoms with van der Waals surface area (Å²) in [4.78, 5) is 27.0. The molecule has 1 aliphatic heterocycles. The Morgan fingerprint density at radius 2 is 1.52 bits per heavy atom. The minimum Gasteiger partial charge on any atom is -0.352 e. The highest BCUT2D eigenvalue weighted by molar-refractivity contribution is 6.15. The quantitative estimate of drug-likeness (QED) is 0.794. The van der Waals surface area contributed by atoms with E-state index >= 15 is 0 Å². The molecule has 4 heteroatoms. The van der Waals surface area contributed by atoms with Gasteiger partial charge in [0.15, 0.2) is 12.6 Å². The molecule has 2 aromatic carbocycles. The topological polar surface area (TPSA) is 40.6 Å². The highest BCUT2D eigenvalue weighted by atomic mass is 16.1. The molecule has 0 aliphatic carbocycles. The van der Waals surface area contributed by atoms with E-state index in [1.165, 1.54) is 0 Å². The van der Waals surface area contributed by atoms with Gasteiger partial charge in [0, 0.05) is 36.3 Å². The number of benzene rings is 2. The van der Waals surface area contributed by atoms with Gasteiger partial charge in [0.05, 0.1) is 5.69 Å². The zero-order chi connectivity index (χ0) is 15.4. The van der Waals surface area contributed by atoms with E-state index in [2.05, 4.69) is 23.6 Å². The van der Waals surface area contributed by atoms with Crippen LogP contribution in [0.1, 0.15) is 34.6 Å². The Labute approximate surface area is 124 Å². The first-order chi connectivity index (χ1) is 9.93. The van der Waals surface area contributed by atoms with Gasteiger partial charge in [-0.2, -0.15) is 0 Å². The van der Waals surface area contributed by atoms with Crippen molar-refractivity contribution in [3.63, 3.8) is 0 Å². The van der Waals surface area contributed by atoms with Gasteiger partial charge in [-0.1, -0.05) is 6.07 Å². The SMILES string of the molecule is CN1c2ccc(C=O)c3ccc(C=O)c(c23)N(C)C1(C)C. The number of hydrogen-bond donors (Lipinski definition) is 0. The van der Waals surface area contributed by atoms with E-state index in [9.17, 15) is 9.59 Å². The molecule has 1 heterocycles. The molecule has 3 rings (SSSR count). The molecule has 0 bridgehead atoms. The molecule has 4 nitrogen and oxygen atoms in total. The van der Waals surface area contributed by atoms with E-state index in [1.54, 1.807) is 6.07 Å². The van der Waals surface area contributed by atoms with E-state index in [0.717, 1.165) is 34.7 Å². The molecule has 0 atom stereocenters. The first-order valence-electron chi connectivity index (χ1n) is 6.91. The largest absolute Gasteiger partial charge is 0.352 e. The molecule has 108 valence electrons. The van der Waals surface area contributed by atoms with Crippen molar-refractivity contribution >= 4 is 34.7 Å². The molecule has 0 N–H and O–H groups in total. The Balaban J connectivity index is 2.53. The van der Waals surface area contributed by atoms with Crippen molar-refractivity contribution in [2.75, 3.05) is 23.9 Å². The lowest BCUT2D eigenvalue weighted by Crippen LogP contribution is -2.56. The maximum atomic E-state index is 11.4. The van der Waals surface area contributed by atoms with Crippen LogP contribution in [-0.2, 0) is 0 Å². The standard InChI is InChI=1S/C17H18N2O2/c1-17(2)18(3)14-8-6-11(9-20)13-7-5-12(10-21)16(15(13)14)19(17)4/h5-10H,1-4H3. The van der Waals surface area contributed by atoms with E-state index in [-0.39, 0.29) is 5.66 Å². The minimum atomic E-state index is -0.262. The van der Waals surface area contributed by atoms with Gasteiger partial charge in [0.25, 0.3) is 0 Å². The second-order valence-electron chi connectivity index (χ2n) is 5.95. The van der Waals surface area contributed by atoms with Crippen LogP contribution < -0.4 is 9.80 Å². The van der Waals surface area contributed by atoms with E-state index in [0.29, 0.717) is 11.1 Å². The highest BCUT2D eigenvalue weighted by Crippen LogP contribution is 2.46. The van der Waals surface area contributed by atoms with Gasteiger partial charge in [-0.25, -0.2) is 0 Å². The minimum absolute atomic E-state index is 0.262. The zero-order valence-electron chi connectivity index (χ0n) is 12.7. The second kappa shape index (κ2) is 4.32. The Bertz CT molecular complexity index is 765. The van der Waals surface area contributed by atoms with Crippen molar-refractivity contribution < 1.29 is 9.59 Å². The molecular formula is C17H18N2O2. The summed E-state index contributed by atoms with van der Waals surface area (Å²) in [5.74, 6) is 0. The van der Waals surface area contributed by atoms with Crippen LogP contribution in [0.2, 0.25) is 0 Å². The summed E-state index contributed by atoms with van der Waals surface area (Å²) in [6.45, 7) is 4.22. The molecular weight excluding hydrogens is 264 g/mol. The normalized spacial score (nSPS) is 16.2. The van der Waals surface area contributed by atoms with Crippen LogP contribution in [0.15, 0.2) is 24.3 Å². The van der Waals surface area contributed by atoms with E-state index in [4.69, 9.17) is 0 Å². The lowest BCUT2D eigenvalue weighted by atomic mass is 9.93. The number of carbonyl (C=O) groups excluding carboxylic acids is 2. The number of hydrogen-bond acceptors (Lipinski definition) is 4. The summed E-state index contributed by atoms with van der Waals surface area (Å²) < 4.78 is 0. The summed E-state index contributed by atoms with van der Waals surface area (Å²) in [6, 6.07) is 7.45. The zero-order valence-corrected chi connectivity index (χ0v) is 12.7. The third-order valence-corrected chi connectivity index (χ3v) is 4.79. The van der Waals surface area contributed by atoms with Crippen molar-refractivity contribution in [1.29, 1.82) is 0 Å². The molecule has 0 fully saturated rings. The number of aldehydes is 2. The predicted octanol–water partition coefficient (Wildman–Crippen LogP) is 3.09. The monoisotopic (exact) mass is 282 g/mol. The van der Waals surface area contributed by atoms with Gasteiger partial charge in [-0.3, -0.25) is 9.59 Å². The third-order valence-electron chi connectivity index (χ3n) is 4.79. The summed E-state index contributed by atoms with van der Waals surface area (Å²) >= 11 is 0. The summed E-state index contributed by atoms with van der Waals surface area (Å²) in [5, 5.41) is 1.85. The molecule has 0 saturated carbocycles. The Hall–Kier alpha value is -2.36. The fourth-order valence-corrected chi connectivity index (χ4v) is 3.08. The molecule has 0 unspecified atom stereocenters. The number of nitrogens with zero attached hydrogens (tertiary/aromatic N) is 2. The molecule has 0 aromatic heterocycles. The first-order valence-corrected chi connectivity index (χ1v) is 6.91. The molecule has 2 aromatic rings. The molecule has 0 spiro atoms.